The Hall–Kier alpha value is -3.84. The summed E-state index contributed by atoms with van der Waals surface area (Å²) in [4.78, 5) is 43.5. The molecule has 1 aliphatic rings. The number of aromatic nitrogens is 1. The van der Waals surface area contributed by atoms with Gasteiger partial charge in [0.2, 0.25) is 0 Å². The monoisotopic (exact) mass is 754 g/mol. The molecular formula is C32H44N5O10S3+. The number of carbonyl (C=O) groups excluding carboxylic acids is 3. The summed E-state index contributed by atoms with van der Waals surface area (Å²) < 4.78 is 62.7. The molecule has 1 saturated heterocycles. The number of hydrogen-bond acceptors (Lipinski definition) is 12. The Labute approximate surface area is 296 Å². The highest BCUT2D eigenvalue weighted by atomic mass is 32.2. The van der Waals surface area contributed by atoms with Gasteiger partial charge in [-0.15, -0.1) is 5.06 Å². The molecule has 50 heavy (non-hydrogen) atoms. The smallest absolute Gasteiger partial charge is 0.372 e. The van der Waals surface area contributed by atoms with Crippen LogP contribution in [0.4, 0.5) is 16.5 Å². The molecule has 0 spiro atoms. The first-order valence-corrected chi connectivity index (χ1v) is 20.4. The number of anilines is 1. The third-order valence-corrected chi connectivity index (χ3v) is 9.96. The fourth-order valence-corrected chi connectivity index (χ4v) is 6.79. The lowest BCUT2D eigenvalue weighted by atomic mass is 10.2. The van der Waals surface area contributed by atoms with E-state index in [1.165, 1.54) is 11.3 Å². The van der Waals surface area contributed by atoms with E-state index in [2.05, 4.69) is 22.1 Å². The first kappa shape index (κ1) is 40.6. The van der Waals surface area contributed by atoms with Gasteiger partial charge in [0.15, 0.2) is 0 Å². The average molecular weight is 755 g/mol. The Morgan fingerprint density at radius 1 is 0.840 bits per heavy atom. The minimum Gasteiger partial charge on any atom is -0.372 e. The third kappa shape index (κ3) is 15.4. The number of thiazole rings is 1. The topological polar surface area (TPSA) is 215 Å². The molecule has 0 saturated carbocycles. The van der Waals surface area contributed by atoms with Crippen molar-refractivity contribution in [3.05, 3.63) is 48.5 Å². The lowest BCUT2D eigenvalue weighted by Crippen LogP contribution is -2.31. The number of para-hydroxylation sites is 1. The number of amides is 2. The van der Waals surface area contributed by atoms with Crippen LogP contribution < -0.4 is 9.88 Å². The number of H-pyrrole nitrogens is 1. The van der Waals surface area contributed by atoms with Crippen molar-refractivity contribution >= 4 is 76.1 Å². The number of hydrogen-bond donors (Lipinski definition) is 2. The Morgan fingerprint density at radius 3 is 2.00 bits per heavy atom. The average Bonchev–Trinajstić information content (AvgIpc) is 3.62. The van der Waals surface area contributed by atoms with Gasteiger partial charge in [-0.3, -0.25) is 18.7 Å². The molecule has 3 aromatic rings. The van der Waals surface area contributed by atoms with Crippen molar-refractivity contribution < 1.29 is 50.1 Å². The van der Waals surface area contributed by atoms with E-state index >= 15 is 0 Å². The lowest BCUT2D eigenvalue weighted by Gasteiger charge is -2.25. The number of fused-ring (bicyclic) bond motifs is 1. The van der Waals surface area contributed by atoms with Crippen LogP contribution in [0.3, 0.4) is 0 Å². The molecule has 15 nitrogen and oxygen atoms in total. The largest absolute Gasteiger partial charge is 0.407 e. The number of rotatable bonds is 19. The van der Waals surface area contributed by atoms with Crippen molar-refractivity contribution in [3.63, 3.8) is 0 Å². The normalized spacial score (nSPS) is 13.5. The van der Waals surface area contributed by atoms with Crippen molar-refractivity contribution in [2.45, 2.75) is 77.6 Å². The predicted molar refractivity (Wildman–Crippen MR) is 188 cm³/mol. The molecule has 1 fully saturated rings. The maximum Gasteiger partial charge on any atom is 0.407 e. The van der Waals surface area contributed by atoms with Crippen LogP contribution in [0.2, 0.25) is 0 Å². The summed E-state index contributed by atoms with van der Waals surface area (Å²) in [5.41, 5.74) is 2.52. The van der Waals surface area contributed by atoms with Crippen molar-refractivity contribution in [3.8, 4) is 0 Å². The summed E-state index contributed by atoms with van der Waals surface area (Å²) in [6.07, 6.45) is 6.09. The molecule has 1 aliphatic heterocycles. The van der Waals surface area contributed by atoms with E-state index in [1.807, 2.05) is 53.4 Å². The van der Waals surface area contributed by atoms with Crippen LogP contribution in [-0.4, -0.2) is 73.4 Å². The molecule has 274 valence electrons. The molecule has 1 aromatic heterocycles. The highest BCUT2D eigenvalue weighted by Gasteiger charge is 2.32. The molecule has 0 bridgehead atoms. The van der Waals surface area contributed by atoms with Crippen LogP contribution in [0.25, 0.3) is 10.2 Å². The number of aromatic amines is 1. The first-order chi connectivity index (χ1) is 23.7. The highest BCUT2D eigenvalue weighted by Crippen LogP contribution is 2.27. The van der Waals surface area contributed by atoms with Gasteiger partial charge in [-0.25, -0.2) is 9.78 Å². The molecule has 2 heterocycles. The van der Waals surface area contributed by atoms with Crippen molar-refractivity contribution in [2.75, 3.05) is 29.5 Å². The number of nitrogens with zero attached hydrogens (tertiary/aromatic N) is 4. The zero-order chi connectivity index (χ0) is 36.6. The van der Waals surface area contributed by atoms with E-state index in [0.717, 1.165) is 41.6 Å². The maximum atomic E-state index is 11.3. The molecule has 3 N–H and O–H groups in total. The first-order valence-electron chi connectivity index (χ1n) is 16.4. The van der Waals surface area contributed by atoms with E-state index < -0.39 is 38.0 Å². The number of hydroxylamine groups is 2. The highest BCUT2D eigenvalue weighted by molar-refractivity contribution is 7.86. The number of benzene rings is 2. The molecule has 18 heteroatoms. The van der Waals surface area contributed by atoms with Gasteiger partial charge in [0, 0.05) is 38.0 Å². The molecule has 4 rings (SSSR count). The van der Waals surface area contributed by atoms with Gasteiger partial charge in [-0.2, -0.15) is 16.8 Å². The molecular weight excluding hydrogens is 711 g/mol. The third-order valence-electron chi connectivity index (χ3n) is 7.40. The van der Waals surface area contributed by atoms with Crippen LogP contribution >= 0.6 is 11.3 Å². The minimum absolute atomic E-state index is 0.141. The molecule has 2 aromatic carbocycles. The van der Waals surface area contributed by atoms with Crippen LogP contribution in [0, 0.1) is 0 Å². The maximum absolute atomic E-state index is 11.3. The number of imide groups is 1. The summed E-state index contributed by atoms with van der Waals surface area (Å²) in [6.45, 7) is 3.14. The summed E-state index contributed by atoms with van der Waals surface area (Å²) in [6, 6.07) is 15.3. The van der Waals surface area contributed by atoms with Gasteiger partial charge in [0.25, 0.3) is 32.1 Å². The van der Waals surface area contributed by atoms with Crippen molar-refractivity contribution in [2.24, 2.45) is 10.2 Å². The zero-order valence-corrected chi connectivity index (χ0v) is 30.3. The second-order valence-electron chi connectivity index (χ2n) is 11.6. The van der Waals surface area contributed by atoms with Gasteiger partial charge >= 0.3 is 11.1 Å². The summed E-state index contributed by atoms with van der Waals surface area (Å²) in [7, 11) is -8.01. The molecule has 0 atom stereocenters. The van der Waals surface area contributed by atoms with Crippen LogP contribution in [0.5, 0.6) is 0 Å². The number of carbonyl (C=O) groups is 3. The van der Waals surface area contributed by atoms with Gasteiger partial charge in [0.1, 0.15) is 11.2 Å². The van der Waals surface area contributed by atoms with Gasteiger partial charge < -0.3 is 9.74 Å². The van der Waals surface area contributed by atoms with Gasteiger partial charge in [-0.1, -0.05) is 38.3 Å². The molecule has 0 unspecified atom stereocenters. The number of nitrogens with one attached hydrogen (secondary N) is 1. The number of azo groups is 1. The quantitative estimate of drug-likeness (QED) is 0.0642. The standard InChI is InChI=1S/C21H26N4O6S3.C11H17NO4/c26-33(27,28)15-5-3-13-25(14-4-6-16-34(29,30)31)18-11-9-17(10-12-18)23-24-21-22-19-7-1-2-8-20(19)32-21;1-2-3-4-5-6-11(15)16-12-9(13)7-8-10(12)14/h1-2,7-12H,3-6,13-16H2,(H,26,27,28)(H,29,30,31);2-8H2,1H3/p+1. The summed E-state index contributed by atoms with van der Waals surface area (Å²) >= 11 is 1.50. The van der Waals surface area contributed by atoms with Gasteiger partial charge in [0.05, 0.1) is 21.3 Å². The van der Waals surface area contributed by atoms with Crippen LogP contribution in [0.15, 0.2) is 58.8 Å². The van der Waals surface area contributed by atoms with E-state index in [1.54, 1.807) is 0 Å². The van der Waals surface area contributed by atoms with Crippen LogP contribution in [0.1, 0.15) is 77.6 Å². The van der Waals surface area contributed by atoms with E-state index in [9.17, 15) is 31.2 Å². The second kappa shape index (κ2) is 20.1. The fourth-order valence-electron chi connectivity index (χ4n) is 4.83. The van der Waals surface area contributed by atoms with Gasteiger partial charge in [-0.05, 0) is 85.0 Å². The summed E-state index contributed by atoms with van der Waals surface area (Å²) in [5, 5.41) is 9.83. The lowest BCUT2D eigenvalue weighted by molar-refractivity contribution is -0.323. The van der Waals surface area contributed by atoms with E-state index in [0.29, 0.717) is 54.7 Å². The molecule has 2 amide bonds. The second-order valence-corrected chi connectivity index (χ2v) is 15.7. The minimum atomic E-state index is -4.01. The number of unbranched alkanes of at least 4 members (excludes halogenated alkanes) is 5. The SMILES string of the molecule is CCCCCCC(=O)ON1C(=O)CCC1=O.O=S(=O)(O)CCCCN(CCCCS(=O)(=O)O)c1ccc(N=Nc2[nH+]c3ccccc3s2)cc1. The van der Waals surface area contributed by atoms with Crippen molar-refractivity contribution in [1.29, 1.82) is 0 Å². The van der Waals surface area contributed by atoms with E-state index in [4.69, 9.17) is 13.9 Å². The Bertz CT molecular complexity index is 1720. The zero-order valence-electron chi connectivity index (χ0n) is 27.9. The Balaban J connectivity index is 0.000000354. The Kier molecular flexibility index (Phi) is 16.3. The molecule has 0 radical (unpaired) electrons. The van der Waals surface area contributed by atoms with Crippen LogP contribution in [-0.2, 0) is 39.5 Å². The van der Waals surface area contributed by atoms with Crippen molar-refractivity contribution in [1.82, 2.24) is 5.06 Å². The predicted octanol–water partition coefficient (Wildman–Crippen LogP) is 5.84. The fraction of sp³-hybridized carbons (Fsp3) is 0.500. The molecule has 0 aliphatic carbocycles. The Morgan fingerprint density at radius 2 is 1.44 bits per heavy atom. The summed E-state index contributed by atoms with van der Waals surface area (Å²) in [5.74, 6) is -1.96. The van der Waals surface area contributed by atoms with E-state index in [-0.39, 0.29) is 30.8 Å².